The average molecular weight is 485 g/mol. The van der Waals surface area contributed by atoms with Gasteiger partial charge in [0, 0.05) is 37.0 Å². The number of imide groups is 1. The number of hydrogen-bond donors (Lipinski definition) is 2. The fraction of sp³-hybridized carbons (Fsp3) is 0.417. The van der Waals surface area contributed by atoms with E-state index in [9.17, 15) is 23.2 Å². The summed E-state index contributed by atoms with van der Waals surface area (Å²) in [6.07, 6.45) is 1.09. The average Bonchev–Trinajstić information content (AvgIpc) is 2.73. The van der Waals surface area contributed by atoms with Gasteiger partial charge in [0.25, 0.3) is 0 Å². The Hall–Kier alpha value is -3.76. The molecule has 3 aliphatic heterocycles. The van der Waals surface area contributed by atoms with Gasteiger partial charge in [0.1, 0.15) is 23.6 Å². The first-order valence-electron chi connectivity index (χ1n) is 11.5. The van der Waals surface area contributed by atoms with Crippen molar-refractivity contribution in [3.05, 3.63) is 53.2 Å². The lowest BCUT2D eigenvalue weighted by molar-refractivity contribution is -0.134. The molecule has 2 N–H and O–H groups in total. The highest BCUT2D eigenvalue weighted by Crippen LogP contribution is 2.33. The number of rotatable bonds is 5. The molecule has 1 aromatic carbocycles. The first kappa shape index (κ1) is 23.0. The predicted octanol–water partition coefficient (Wildman–Crippen LogP) is 1.99. The van der Waals surface area contributed by atoms with Crippen LogP contribution in [0.1, 0.15) is 29.9 Å². The molecule has 2 aromatic rings. The minimum absolute atomic E-state index is 0.0360. The van der Waals surface area contributed by atoms with Crippen molar-refractivity contribution >= 4 is 29.4 Å². The molecule has 1 unspecified atom stereocenters. The van der Waals surface area contributed by atoms with Gasteiger partial charge in [-0.2, -0.15) is 0 Å². The second-order valence-corrected chi connectivity index (χ2v) is 9.20. The standard InChI is InChI=1S/C24H25F2N5O4/c1-13-4-5-27-20(6-13)31-11-16(12-31)35-24(34)28-14-9-30(10-14)15-7-18(25)22(19(26)8-15)17-2-3-21(32)29-23(17)33/h4-8,14,16-17H,2-3,9-12H2,1H3,(H,28,34)(H,29,32,33). The molecule has 5 rings (SSSR count). The van der Waals surface area contributed by atoms with Gasteiger partial charge in [0.15, 0.2) is 0 Å². The first-order chi connectivity index (χ1) is 16.8. The smallest absolute Gasteiger partial charge is 0.407 e. The maximum absolute atomic E-state index is 14.7. The molecule has 0 bridgehead atoms. The number of ether oxygens (including phenoxy) is 1. The number of carbonyl (C=O) groups excluding carboxylic acids is 3. The zero-order chi connectivity index (χ0) is 24.7. The van der Waals surface area contributed by atoms with Crippen molar-refractivity contribution in [2.45, 2.75) is 37.8 Å². The number of aryl methyl sites for hydroxylation is 1. The molecule has 3 amide bonds. The fourth-order valence-electron chi connectivity index (χ4n) is 4.58. The molecule has 35 heavy (non-hydrogen) atoms. The molecule has 0 saturated carbocycles. The quantitative estimate of drug-likeness (QED) is 0.625. The molecule has 184 valence electrons. The van der Waals surface area contributed by atoms with Gasteiger partial charge in [-0.15, -0.1) is 0 Å². The van der Waals surface area contributed by atoms with Gasteiger partial charge in [-0.1, -0.05) is 0 Å². The second-order valence-electron chi connectivity index (χ2n) is 9.20. The van der Waals surface area contributed by atoms with E-state index in [0.717, 1.165) is 11.4 Å². The predicted molar refractivity (Wildman–Crippen MR) is 122 cm³/mol. The topological polar surface area (TPSA) is 104 Å². The molecule has 0 spiro atoms. The van der Waals surface area contributed by atoms with E-state index in [1.165, 1.54) is 12.1 Å². The fourth-order valence-corrected chi connectivity index (χ4v) is 4.58. The third-order valence-corrected chi connectivity index (χ3v) is 6.57. The molecule has 3 fully saturated rings. The van der Waals surface area contributed by atoms with Gasteiger partial charge in [-0.05, 0) is 43.2 Å². The minimum Gasteiger partial charge on any atom is -0.442 e. The summed E-state index contributed by atoms with van der Waals surface area (Å²) in [6, 6.07) is 6.04. The van der Waals surface area contributed by atoms with Gasteiger partial charge in [0.2, 0.25) is 11.8 Å². The monoisotopic (exact) mass is 485 g/mol. The van der Waals surface area contributed by atoms with Crippen LogP contribution in [-0.4, -0.2) is 61.2 Å². The van der Waals surface area contributed by atoms with Crippen molar-refractivity contribution < 1.29 is 27.9 Å². The summed E-state index contributed by atoms with van der Waals surface area (Å²) >= 11 is 0. The Labute approximate surface area is 200 Å². The number of amides is 3. The van der Waals surface area contributed by atoms with Crippen LogP contribution in [0.15, 0.2) is 30.5 Å². The number of pyridine rings is 1. The Morgan fingerprint density at radius 3 is 2.49 bits per heavy atom. The van der Waals surface area contributed by atoms with E-state index < -0.39 is 35.5 Å². The maximum atomic E-state index is 14.7. The Morgan fingerprint density at radius 1 is 1.11 bits per heavy atom. The zero-order valence-corrected chi connectivity index (χ0v) is 19.1. The Kier molecular flexibility index (Phi) is 6.00. The number of aromatic nitrogens is 1. The van der Waals surface area contributed by atoms with E-state index in [1.807, 2.05) is 24.0 Å². The highest BCUT2D eigenvalue weighted by Gasteiger charge is 2.36. The molecule has 9 nitrogen and oxygen atoms in total. The molecule has 3 saturated heterocycles. The Morgan fingerprint density at radius 2 is 1.83 bits per heavy atom. The molecule has 1 aromatic heterocycles. The van der Waals surface area contributed by atoms with Crippen LogP contribution in [0.2, 0.25) is 0 Å². The zero-order valence-electron chi connectivity index (χ0n) is 19.1. The molecule has 11 heteroatoms. The van der Waals surface area contributed by atoms with Crippen LogP contribution in [0.25, 0.3) is 0 Å². The Bertz CT molecular complexity index is 1160. The van der Waals surface area contributed by atoms with Crippen molar-refractivity contribution in [2.24, 2.45) is 0 Å². The van der Waals surface area contributed by atoms with Crippen LogP contribution in [0, 0.1) is 18.6 Å². The van der Waals surface area contributed by atoms with E-state index in [0.29, 0.717) is 31.9 Å². The van der Waals surface area contributed by atoms with Crippen molar-refractivity contribution in [3.8, 4) is 0 Å². The summed E-state index contributed by atoms with van der Waals surface area (Å²) in [7, 11) is 0. The lowest BCUT2D eigenvalue weighted by Gasteiger charge is -2.42. The van der Waals surface area contributed by atoms with Crippen LogP contribution < -0.4 is 20.4 Å². The SMILES string of the molecule is Cc1ccnc(N2CC(OC(=O)NC3CN(c4cc(F)c(C5CCC(=O)NC5=O)c(F)c4)C3)C2)c1. The van der Waals surface area contributed by atoms with Gasteiger partial charge < -0.3 is 19.9 Å². The minimum atomic E-state index is -1.04. The van der Waals surface area contributed by atoms with Gasteiger partial charge in [0.05, 0.1) is 25.0 Å². The van der Waals surface area contributed by atoms with Crippen molar-refractivity contribution in [1.82, 2.24) is 15.6 Å². The molecule has 4 heterocycles. The third kappa shape index (κ3) is 4.75. The normalized spacial score (nSPS) is 20.7. The van der Waals surface area contributed by atoms with Crippen LogP contribution in [0.4, 0.5) is 25.1 Å². The summed E-state index contributed by atoms with van der Waals surface area (Å²) in [5.41, 5.74) is 1.10. The van der Waals surface area contributed by atoms with E-state index in [1.54, 1.807) is 11.1 Å². The number of benzene rings is 1. The number of anilines is 2. The summed E-state index contributed by atoms with van der Waals surface area (Å²) in [6.45, 7) is 3.87. The van der Waals surface area contributed by atoms with Crippen molar-refractivity contribution in [3.63, 3.8) is 0 Å². The van der Waals surface area contributed by atoms with Crippen LogP contribution in [0.5, 0.6) is 0 Å². The Balaban J connectivity index is 1.10. The van der Waals surface area contributed by atoms with Crippen LogP contribution in [-0.2, 0) is 14.3 Å². The number of piperidine rings is 1. The maximum Gasteiger partial charge on any atom is 0.407 e. The molecule has 0 radical (unpaired) electrons. The van der Waals surface area contributed by atoms with E-state index in [2.05, 4.69) is 15.6 Å². The van der Waals surface area contributed by atoms with E-state index in [-0.39, 0.29) is 30.6 Å². The lowest BCUT2D eigenvalue weighted by Crippen LogP contribution is -2.61. The highest BCUT2D eigenvalue weighted by molar-refractivity contribution is 6.01. The molecular weight excluding hydrogens is 460 g/mol. The molecule has 3 aliphatic rings. The lowest BCUT2D eigenvalue weighted by atomic mass is 9.89. The largest absolute Gasteiger partial charge is 0.442 e. The van der Waals surface area contributed by atoms with E-state index >= 15 is 0 Å². The summed E-state index contributed by atoms with van der Waals surface area (Å²) < 4.78 is 34.9. The van der Waals surface area contributed by atoms with E-state index in [4.69, 9.17) is 4.74 Å². The number of halogens is 2. The van der Waals surface area contributed by atoms with Gasteiger partial charge in [-0.25, -0.2) is 18.6 Å². The number of nitrogens with zero attached hydrogens (tertiary/aromatic N) is 3. The first-order valence-corrected chi connectivity index (χ1v) is 11.5. The number of hydrogen-bond acceptors (Lipinski definition) is 7. The van der Waals surface area contributed by atoms with Crippen molar-refractivity contribution in [2.75, 3.05) is 36.0 Å². The number of alkyl carbamates (subject to hydrolysis) is 1. The highest BCUT2D eigenvalue weighted by atomic mass is 19.1. The van der Waals surface area contributed by atoms with Crippen LogP contribution >= 0.6 is 0 Å². The summed E-state index contributed by atoms with van der Waals surface area (Å²) in [5, 5.41) is 4.89. The van der Waals surface area contributed by atoms with Gasteiger partial charge in [-0.3, -0.25) is 14.9 Å². The second kappa shape index (κ2) is 9.12. The molecule has 0 aliphatic carbocycles. The van der Waals surface area contributed by atoms with Crippen LogP contribution in [0.3, 0.4) is 0 Å². The van der Waals surface area contributed by atoms with Crippen molar-refractivity contribution in [1.29, 1.82) is 0 Å². The number of carbonyl (C=O) groups is 3. The molecular formula is C24H25F2N5O4. The van der Waals surface area contributed by atoms with Gasteiger partial charge >= 0.3 is 6.09 Å². The summed E-state index contributed by atoms with van der Waals surface area (Å²) in [5.74, 6) is -2.98. The third-order valence-electron chi connectivity index (χ3n) is 6.57. The summed E-state index contributed by atoms with van der Waals surface area (Å²) in [4.78, 5) is 43.6. The number of nitrogens with one attached hydrogen (secondary N) is 2. The molecule has 1 atom stereocenters.